The summed E-state index contributed by atoms with van der Waals surface area (Å²) in [6.07, 6.45) is 0. The van der Waals surface area contributed by atoms with E-state index in [-0.39, 0.29) is 12.2 Å². The standard InChI is InChI=1S/C13H13FN2O3S/c1-13(2)12(17)16(20(13,18)19)11-6-5-9(4-3-7-15)8-10(11)14/h5-6,8H,7,15H2,1-2H3. The highest BCUT2D eigenvalue weighted by Gasteiger charge is 2.61. The van der Waals surface area contributed by atoms with E-state index in [1.54, 1.807) is 0 Å². The van der Waals surface area contributed by atoms with E-state index < -0.39 is 26.5 Å². The number of carbonyl (C=O) groups is 1. The number of nitrogens with two attached hydrogens (primary N) is 1. The molecule has 1 aromatic carbocycles. The lowest BCUT2D eigenvalue weighted by Crippen LogP contribution is -2.67. The van der Waals surface area contributed by atoms with Crippen LogP contribution in [0.4, 0.5) is 10.1 Å². The topological polar surface area (TPSA) is 80.5 Å². The van der Waals surface area contributed by atoms with Gasteiger partial charge in [-0.25, -0.2) is 17.1 Å². The van der Waals surface area contributed by atoms with E-state index in [0.717, 1.165) is 6.07 Å². The van der Waals surface area contributed by atoms with Gasteiger partial charge in [0.25, 0.3) is 15.9 Å². The molecule has 0 aromatic heterocycles. The van der Waals surface area contributed by atoms with Crippen molar-refractivity contribution in [2.45, 2.75) is 18.6 Å². The van der Waals surface area contributed by atoms with Crippen LogP contribution in [0, 0.1) is 17.7 Å². The Morgan fingerprint density at radius 3 is 2.55 bits per heavy atom. The number of sulfonamides is 1. The number of carbonyl (C=O) groups excluding carboxylic acids is 1. The van der Waals surface area contributed by atoms with E-state index in [1.165, 1.54) is 26.0 Å². The van der Waals surface area contributed by atoms with Gasteiger partial charge >= 0.3 is 0 Å². The van der Waals surface area contributed by atoms with Gasteiger partial charge in [0, 0.05) is 5.56 Å². The Bertz CT molecular complexity index is 745. The molecule has 1 heterocycles. The number of hydrogen-bond acceptors (Lipinski definition) is 4. The predicted octanol–water partition coefficient (Wildman–Crippen LogP) is 0.591. The van der Waals surface area contributed by atoms with Gasteiger partial charge in [-0.2, -0.15) is 0 Å². The summed E-state index contributed by atoms with van der Waals surface area (Å²) >= 11 is 0. The third-order valence-corrected chi connectivity index (χ3v) is 5.39. The van der Waals surface area contributed by atoms with E-state index in [2.05, 4.69) is 11.8 Å². The van der Waals surface area contributed by atoms with Gasteiger partial charge in [-0.05, 0) is 32.0 Å². The molecule has 1 saturated heterocycles. The lowest BCUT2D eigenvalue weighted by Gasteiger charge is -2.42. The Balaban J connectivity index is 2.44. The van der Waals surface area contributed by atoms with Crippen molar-refractivity contribution in [3.05, 3.63) is 29.6 Å². The SMILES string of the molecule is CC1(C)C(=O)N(c2ccc(C#CCN)cc2F)S1(=O)=O. The van der Waals surface area contributed by atoms with Crippen molar-refractivity contribution in [1.82, 2.24) is 0 Å². The Kier molecular flexibility index (Phi) is 3.32. The maximum absolute atomic E-state index is 14.0. The Morgan fingerprint density at radius 2 is 2.05 bits per heavy atom. The molecule has 5 nitrogen and oxygen atoms in total. The molecule has 0 unspecified atom stereocenters. The monoisotopic (exact) mass is 296 g/mol. The number of halogens is 1. The van der Waals surface area contributed by atoms with E-state index >= 15 is 0 Å². The fourth-order valence-electron chi connectivity index (χ4n) is 1.79. The highest BCUT2D eigenvalue weighted by molar-refractivity contribution is 7.98. The van der Waals surface area contributed by atoms with Crippen LogP contribution >= 0.6 is 0 Å². The minimum Gasteiger partial charge on any atom is -0.320 e. The molecule has 0 aliphatic carbocycles. The van der Waals surface area contributed by atoms with Gasteiger partial charge < -0.3 is 5.73 Å². The fourth-order valence-corrected chi connectivity index (χ4v) is 3.28. The molecule has 1 fully saturated rings. The summed E-state index contributed by atoms with van der Waals surface area (Å²) in [6, 6.07) is 3.74. The molecule has 7 heteroatoms. The second-order valence-electron chi connectivity index (χ2n) is 4.76. The van der Waals surface area contributed by atoms with Crippen LogP contribution in [-0.2, 0) is 14.8 Å². The maximum Gasteiger partial charge on any atom is 0.263 e. The zero-order chi connectivity index (χ0) is 15.1. The van der Waals surface area contributed by atoms with Gasteiger partial charge in [0.15, 0.2) is 4.75 Å². The summed E-state index contributed by atoms with van der Waals surface area (Å²) in [5, 5.41) is 0. The molecule has 106 valence electrons. The largest absolute Gasteiger partial charge is 0.320 e. The van der Waals surface area contributed by atoms with E-state index in [4.69, 9.17) is 5.73 Å². The zero-order valence-electron chi connectivity index (χ0n) is 11.0. The summed E-state index contributed by atoms with van der Waals surface area (Å²) < 4.78 is 36.9. The van der Waals surface area contributed by atoms with Gasteiger partial charge in [-0.3, -0.25) is 4.79 Å². The lowest BCUT2D eigenvalue weighted by molar-refractivity contribution is -0.120. The highest BCUT2D eigenvalue weighted by atomic mass is 32.2. The van der Waals surface area contributed by atoms with Gasteiger partial charge in [0.05, 0.1) is 12.2 Å². The molecule has 1 amide bonds. The van der Waals surface area contributed by atoms with Crippen molar-refractivity contribution in [1.29, 1.82) is 0 Å². The zero-order valence-corrected chi connectivity index (χ0v) is 11.8. The summed E-state index contributed by atoms with van der Waals surface area (Å²) in [4.78, 5) is 11.8. The lowest BCUT2D eigenvalue weighted by atomic mass is 10.1. The highest BCUT2D eigenvalue weighted by Crippen LogP contribution is 2.40. The maximum atomic E-state index is 14.0. The number of rotatable bonds is 1. The third kappa shape index (κ3) is 1.88. The first-order valence-electron chi connectivity index (χ1n) is 5.81. The van der Waals surface area contributed by atoms with E-state index in [0.29, 0.717) is 9.87 Å². The second-order valence-corrected chi connectivity index (χ2v) is 7.09. The summed E-state index contributed by atoms with van der Waals surface area (Å²) in [5.74, 6) is 3.71. The molecule has 0 radical (unpaired) electrons. The first kappa shape index (κ1) is 14.5. The Morgan fingerprint density at radius 1 is 1.40 bits per heavy atom. The van der Waals surface area contributed by atoms with Crippen molar-refractivity contribution < 1.29 is 17.6 Å². The van der Waals surface area contributed by atoms with Crippen LogP contribution in [0.1, 0.15) is 19.4 Å². The summed E-state index contributed by atoms with van der Waals surface area (Å²) in [7, 11) is -3.87. The van der Waals surface area contributed by atoms with Crippen molar-refractivity contribution in [3.8, 4) is 11.8 Å². The average molecular weight is 296 g/mol. The first-order valence-corrected chi connectivity index (χ1v) is 7.25. The van der Waals surface area contributed by atoms with E-state index in [9.17, 15) is 17.6 Å². The van der Waals surface area contributed by atoms with Crippen LogP contribution < -0.4 is 10.0 Å². The number of amides is 1. The van der Waals surface area contributed by atoms with Crippen molar-refractivity contribution in [2.24, 2.45) is 5.73 Å². The second kappa shape index (κ2) is 4.58. The Labute approximate surface area is 116 Å². The molecule has 0 bridgehead atoms. The van der Waals surface area contributed by atoms with Crippen LogP contribution in [0.15, 0.2) is 18.2 Å². The quantitative estimate of drug-likeness (QED) is 0.769. The number of benzene rings is 1. The fraction of sp³-hybridized carbons (Fsp3) is 0.308. The summed E-state index contributed by atoms with van der Waals surface area (Å²) in [6.45, 7) is 2.72. The van der Waals surface area contributed by atoms with E-state index in [1.807, 2.05) is 0 Å². The smallest absolute Gasteiger partial charge is 0.263 e. The van der Waals surface area contributed by atoms with Gasteiger partial charge in [-0.15, -0.1) is 0 Å². The van der Waals surface area contributed by atoms with Crippen LogP contribution in [0.3, 0.4) is 0 Å². The van der Waals surface area contributed by atoms with Crippen molar-refractivity contribution in [2.75, 3.05) is 10.8 Å². The average Bonchev–Trinajstić information content (AvgIpc) is 2.38. The van der Waals surface area contributed by atoms with Crippen LogP contribution in [0.5, 0.6) is 0 Å². The number of nitrogens with zero attached hydrogens (tertiary/aromatic N) is 1. The molecular formula is C13H13FN2O3S. The molecule has 2 N–H and O–H groups in total. The molecular weight excluding hydrogens is 283 g/mol. The minimum atomic E-state index is -3.87. The molecule has 0 atom stereocenters. The molecule has 1 aliphatic heterocycles. The van der Waals surface area contributed by atoms with Gasteiger partial charge in [-0.1, -0.05) is 11.8 Å². The number of anilines is 1. The first-order chi connectivity index (χ1) is 9.23. The van der Waals surface area contributed by atoms with Crippen LogP contribution in [-0.4, -0.2) is 25.6 Å². The molecule has 2 rings (SSSR count). The minimum absolute atomic E-state index is 0.135. The Hall–Kier alpha value is -1.91. The van der Waals surface area contributed by atoms with Gasteiger partial charge in [0.2, 0.25) is 0 Å². The molecule has 1 aliphatic rings. The van der Waals surface area contributed by atoms with Crippen molar-refractivity contribution >= 4 is 21.6 Å². The third-order valence-electron chi connectivity index (χ3n) is 3.09. The van der Waals surface area contributed by atoms with Gasteiger partial charge in [0.1, 0.15) is 5.82 Å². The normalized spacial score (nSPS) is 19.0. The van der Waals surface area contributed by atoms with Crippen LogP contribution in [0.2, 0.25) is 0 Å². The van der Waals surface area contributed by atoms with Crippen LogP contribution in [0.25, 0.3) is 0 Å². The molecule has 20 heavy (non-hydrogen) atoms. The summed E-state index contributed by atoms with van der Waals surface area (Å²) in [5.41, 5.74) is 5.28. The molecule has 1 aromatic rings. The molecule has 0 spiro atoms. The molecule has 0 saturated carbocycles. The predicted molar refractivity (Wildman–Crippen MR) is 72.8 cm³/mol. The van der Waals surface area contributed by atoms with Crippen molar-refractivity contribution in [3.63, 3.8) is 0 Å². The number of hydrogen-bond donors (Lipinski definition) is 1.